The van der Waals surface area contributed by atoms with E-state index in [9.17, 15) is 19.5 Å². The van der Waals surface area contributed by atoms with Crippen molar-refractivity contribution in [3.63, 3.8) is 0 Å². The summed E-state index contributed by atoms with van der Waals surface area (Å²) in [6.45, 7) is 12.5. The zero-order valence-corrected chi connectivity index (χ0v) is 18.3. The molecule has 1 aromatic carbocycles. The molecule has 130 valence electrons. The molecule has 0 spiro atoms. The van der Waals surface area contributed by atoms with Gasteiger partial charge in [-0.05, 0) is 39.5 Å². The minimum atomic E-state index is -4.11. The maximum Gasteiger partial charge on any atom is 2.00 e. The fourth-order valence-electron chi connectivity index (χ4n) is 2.78. The third kappa shape index (κ3) is 7.15. The first-order valence-corrected chi connectivity index (χ1v) is 9.37. The maximum absolute atomic E-state index is 11.4. The van der Waals surface area contributed by atoms with Crippen molar-refractivity contribution in [3.8, 4) is 0 Å². The van der Waals surface area contributed by atoms with Gasteiger partial charge in [-0.1, -0.05) is 53.7 Å². The minimum absolute atomic E-state index is 0. The Labute approximate surface area is 172 Å². The zero-order chi connectivity index (χ0) is 17.3. The van der Waals surface area contributed by atoms with Crippen molar-refractivity contribution in [2.75, 3.05) is 6.61 Å². The van der Waals surface area contributed by atoms with Gasteiger partial charge >= 0.3 is 45.3 Å². The summed E-state index contributed by atoms with van der Waals surface area (Å²) in [7, 11) is -4.11. The molecule has 1 aromatic rings. The van der Waals surface area contributed by atoms with Crippen LogP contribution in [0.3, 0.4) is 0 Å². The second kappa shape index (κ2) is 8.31. The first-order valence-electron chi connectivity index (χ1n) is 7.58. The Kier molecular flexibility index (Phi) is 8.53. The second-order valence-electron chi connectivity index (χ2n) is 7.97. The van der Waals surface area contributed by atoms with Crippen molar-refractivity contribution >= 4 is 45.3 Å². The first-order chi connectivity index (χ1) is 9.75. The number of aliphatic hydroxyl groups is 1. The van der Waals surface area contributed by atoms with E-state index in [0.717, 1.165) is 16.7 Å². The van der Waals surface area contributed by atoms with Gasteiger partial charge in [-0.3, -0.25) is 4.57 Å². The number of hydrogen-bond donors (Lipinski definition) is 3. The quantitative estimate of drug-likeness (QED) is 0.561. The van der Waals surface area contributed by atoms with Crippen LogP contribution in [0.5, 0.6) is 0 Å². The summed E-state index contributed by atoms with van der Waals surface area (Å²) in [6, 6.07) is 3.78. The molecule has 6 heteroatoms. The predicted molar refractivity (Wildman–Crippen MR) is 98.4 cm³/mol. The Morgan fingerprint density at radius 1 is 1.00 bits per heavy atom. The van der Waals surface area contributed by atoms with Crippen molar-refractivity contribution in [2.45, 2.75) is 65.0 Å². The van der Waals surface area contributed by atoms with Crippen LogP contribution < -0.4 is 0 Å². The van der Waals surface area contributed by atoms with Crippen molar-refractivity contribution in [3.05, 3.63) is 34.4 Å². The van der Waals surface area contributed by atoms with Gasteiger partial charge in [-0.2, -0.15) is 0 Å². The fourth-order valence-corrected chi connectivity index (χ4v) is 3.44. The molecule has 0 aliphatic heterocycles. The number of aliphatic hydroxyl groups excluding tert-OH is 1. The van der Waals surface area contributed by atoms with Crippen LogP contribution in [-0.2, 0) is 28.0 Å². The summed E-state index contributed by atoms with van der Waals surface area (Å²) >= 11 is 0. The number of rotatable bonds is 4. The van der Waals surface area contributed by atoms with Gasteiger partial charge < -0.3 is 17.7 Å². The monoisotopic (exact) mass is 370 g/mol. The summed E-state index contributed by atoms with van der Waals surface area (Å²) in [5, 5.41) is 9.43. The largest absolute Gasteiger partial charge is 2.00 e. The third-order valence-electron chi connectivity index (χ3n) is 3.68. The summed E-state index contributed by atoms with van der Waals surface area (Å²) in [6.07, 6.45) is 0.300. The van der Waals surface area contributed by atoms with Gasteiger partial charge in [0.05, 0.1) is 6.16 Å². The molecule has 0 atom stereocenters. The van der Waals surface area contributed by atoms with Crippen LogP contribution in [0.1, 0.15) is 66.6 Å². The van der Waals surface area contributed by atoms with Crippen LogP contribution in [0.15, 0.2) is 12.1 Å². The molecule has 0 heterocycles. The molecule has 1 rings (SSSR count). The van der Waals surface area contributed by atoms with Gasteiger partial charge in [0, 0.05) is 6.61 Å². The number of benzene rings is 1. The van der Waals surface area contributed by atoms with E-state index in [2.05, 4.69) is 41.5 Å². The van der Waals surface area contributed by atoms with E-state index in [1.165, 1.54) is 0 Å². The van der Waals surface area contributed by atoms with Crippen LogP contribution in [-0.4, -0.2) is 59.2 Å². The third-order valence-corrected chi connectivity index (χ3v) is 4.45. The molecule has 0 saturated carbocycles. The topological polar surface area (TPSA) is 77.8 Å². The summed E-state index contributed by atoms with van der Waals surface area (Å²) in [5.41, 5.74) is 3.54. The second-order valence-corrected chi connectivity index (χ2v) is 9.61. The predicted octanol–water partition coefficient (Wildman–Crippen LogP) is 3.34. The smallest absolute Gasteiger partial charge is 1.00 e. The van der Waals surface area contributed by atoms with E-state index < -0.39 is 7.60 Å². The van der Waals surface area contributed by atoms with Gasteiger partial charge in [0.15, 0.2) is 0 Å². The molecule has 4 nitrogen and oxygen atoms in total. The molecule has 0 fully saturated rings. The normalized spacial score (nSPS) is 12.9. The fraction of sp³-hybridized carbons (Fsp3) is 0.647. The molecule has 3 N–H and O–H groups in total. The SMILES string of the molecule is CC(C)(C)c1cc(CP(=O)(O)O)cc(C(C)(C)C)c1CCO.[Ca+2].[H-].[H-]. The van der Waals surface area contributed by atoms with Crippen LogP contribution in [0.2, 0.25) is 0 Å². The van der Waals surface area contributed by atoms with E-state index in [4.69, 9.17) is 0 Å². The molecule has 0 aliphatic carbocycles. The molecule has 0 bridgehead atoms. The van der Waals surface area contributed by atoms with Gasteiger partial charge in [0.25, 0.3) is 0 Å². The van der Waals surface area contributed by atoms with Gasteiger partial charge in [-0.15, -0.1) is 0 Å². The van der Waals surface area contributed by atoms with Crippen molar-refractivity contribution in [2.24, 2.45) is 0 Å². The van der Waals surface area contributed by atoms with E-state index in [1.54, 1.807) is 0 Å². The van der Waals surface area contributed by atoms with E-state index in [-0.39, 0.29) is 64.2 Å². The van der Waals surface area contributed by atoms with Crippen molar-refractivity contribution in [1.29, 1.82) is 0 Å². The Bertz CT molecular complexity index is 554. The molecular weight excluding hydrogens is 339 g/mol. The molecule has 0 unspecified atom stereocenters. The van der Waals surface area contributed by atoms with E-state index >= 15 is 0 Å². The average molecular weight is 370 g/mol. The molecule has 0 aromatic heterocycles. The van der Waals surface area contributed by atoms with Crippen LogP contribution in [0.4, 0.5) is 0 Å². The summed E-state index contributed by atoms with van der Waals surface area (Å²) in [5.74, 6) is 0. The Hall–Kier alpha value is 0.590. The average Bonchev–Trinajstić information content (AvgIpc) is 2.26. The molecule has 0 saturated heterocycles. The Morgan fingerprint density at radius 2 is 1.39 bits per heavy atom. The van der Waals surface area contributed by atoms with Crippen LogP contribution in [0, 0.1) is 0 Å². The first kappa shape index (κ1) is 23.6. The molecule has 0 amide bonds. The molecule has 0 aliphatic rings. The van der Waals surface area contributed by atoms with E-state index in [1.807, 2.05) is 12.1 Å². The molecule has 23 heavy (non-hydrogen) atoms. The minimum Gasteiger partial charge on any atom is -1.00 e. The van der Waals surface area contributed by atoms with Gasteiger partial charge in [0.2, 0.25) is 0 Å². The summed E-state index contributed by atoms with van der Waals surface area (Å²) < 4.78 is 11.4. The molecule has 0 radical (unpaired) electrons. The maximum atomic E-state index is 11.4. The standard InChI is InChI=1S/C17H29O4P.Ca.2H/c1-16(2,3)14-9-12(11-22(19,20)21)10-15(17(4,5)6)13(14)7-8-18;;;/h9-10,18H,7-8,11H2,1-6H3,(H2,19,20,21);;;/q;+2;2*-1. The van der Waals surface area contributed by atoms with Crippen LogP contribution >= 0.6 is 7.60 Å². The van der Waals surface area contributed by atoms with Crippen LogP contribution in [0.25, 0.3) is 0 Å². The van der Waals surface area contributed by atoms with Crippen molar-refractivity contribution < 1.29 is 22.3 Å². The zero-order valence-electron chi connectivity index (χ0n) is 17.2. The molecular formula is C17H31CaO4P. The number of hydrogen-bond acceptors (Lipinski definition) is 2. The Balaban J connectivity index is -0.00000161. The van der Waals surface area contributed by atoms with Gasteiger partial charge in [-0.25, -0.2) is 0 Å². The van der Waals surface area contributed by atoms with E-state index in [0.29, 0.717) is 12.0 Å². The Morgan fingerprint density at radius 3 is 1.65 bits per heavy atom. The van der Waals surface area contributed by atoms with Crippen molar-refractivity contribution in [1.82, 2.24) is 0 Å². The summed E-state index contributed by atoms with van der Waals surface area (Å²) in [4.78, 5) is 18.6. The van der Waals surface area contributed by atoms with Gasteiger partial charge in [0.1, 0.15) is 0 Å².